The maximum Gasteiger partial charge on any atom is 0.315 e. The zero-order valence-electron chi connectivity index (χ0n) is 18.4. The minimum atomic E-state index is -1.40. The number of hydrogen-bond donors (Lipinski definition) is 3. The van der Waals surface area contributed by atoms with Crippen LogP contribution in [0.1, 0.15) is 41.5 Å². The van der Waals surface area contributed by atoms with E-state index in [9.17, 15) is 19.1 Å². The molecule has 1 aromatic carbocycles. The van der Waals surface area contributed by atoms with Crippen LogP contribution in [0.2, 0.25) is 10.0 Å². The molecule has 178 valence electrons. The van der Waals surface area contributed by atoms with Crippen molar-refractivity contribution in [1.29, 1.82) is 0 Å². The highest BCUT2D eigenvalue weighted by Crippen LogP contribution is 2.40. The van der Waals surface area contributed by atoms with Gasteiger partial charge in [-0.15, -0.1) is 0 Å². The van der Waals surface area contributed by atoms with Crippen molar-refractivity contribution in [3.8, 4) is 0 Å². The standard InChI is InChI=1S/C23H22Cl2FN5O3/c1-12-10-18(30-29-12)28-20-16(26)6-7-17(27-20)23(22(33)34)8-9-31(13(2)11-23)21(32)14-4-3-5-15(24)19(14)25/h3-7,10,13H,8-9,11H2,1-2H3,(H,33,34)(H2,27,28,29,30). The monoisotopic (exact) mass is 505 g/mol. The number of aromatic amines is 1. The Bertz CT molecular complexity index is 1270. The lowest BCUT2D eigenvalue weighted by molar-refractivity contribution is -0.146. The van der Waals surface area contributed by atoms with Gasteiger partial charge in [0.25, 0.3) is 5.91 Å². The van der Waals surface area contributed by atoms with E-state index in [-0.39, 0.29) is 52.4 Å². The van der Waals surface area contributed by atoms with E-state index in [4.69, 9.17) is 23.2 Å². The second-order valence-corrected chi connectivity index (χ2v) is 9.16. The molecule has 0 aliphatic carbocycles. The molecule has 0 saturated carbocycles. The summed E-state index contributed by atoms with van der Waals surface area (Å²) in [5.74, 6) is -1.82. The van der Waals surface area contributed by atoms with Gasteiger partial charge in [0.05, 0.1) is 21.3 Å². The van der Waals surface area contributed by atoms with Crippen molar-refractivity contribution >= 4 is 46.7 Å². The van der Waals surface area contributed by atoms with E-state index in [0.717, 1.165) is 5.69 Å². The summed E-state index contributed by atoms with van der Waals surface area (Å²) in [6.07, 6.45) is 0.183. The van der Waals surface area contributed by atoms with Crippen molar-refractivity contribution in [2.24, 2.45) is 0 Å². The molecule has 1 fully saturated rings. The number of carbonyl (C=O) groups excluding carboxylic acids is 1. The van der Waals surface area contributed by atoms with Gasteiger partial charge in [-0.3, -0.25) is 14.7 Å². The van der Waals surface area contributed by atoms with Gasteiger partial charge in [-0.05, 0) is 51.0 Å². The van der Waals surface area contributed by atoms with Crippen LogP contribution in [0.15, 0.2) is 36.4 Å². The number of nitrogens with zero attached hydrogens (tertiary/aromatic N) is 3. The molecule has 3 N–H and O–H groups in total. The minimum absolute atomic E-state index is 0.0891. The molecule has 4 rings (SSSR count). The predicted octanol–water partition coefficient (Wildman–Crippen LogP) is 4.95. The smallest absolute Gasteiger partial charge is 0.315 e. The number of carbonyl (C=O) groups is 2. The topological polar surface area (TPSA) is 111 Å². The first-order valence-electron chi connectivity index (χ1n) is 10.6. The van der Waals surface area contributed by atoms with E-state index in [1.807, 2.05) is 0 Å². The number of hydrogen-bond acceptors (Lipinski definition) is 5. The van der Waals surface area contributed by atoms with Crippen molar-refractivity contribution in [2.45, 2.75) is 38.1 Å². The Morgan fingerprint density at radius 3 is 2.71 bits per heavy atom. The van der Waals surface area contributed by atoms with Gasteiger partial charge in [0.2, 0.25) is 0 Å². The van der Waals surface area contributed by atoms with Crippen LogP contribution in [0.5, 0.6) is 0 Å². The number of pyridine rings is 1. The number of rotatable bonds is 5. The Morgan fingerprint density at radius 1 is 1.29 bits per heavy atom. The minimum Gasteiger partial charge on any atom is -0.481 e. The molecular weight excluding hydrogens is 484 g/mol. The Kier molecular flexibility index (Phi) is 6.51. The molecular formula is C23H22Cl2FN5O3. The molecule has 1 amide bonds. The van der Waals surface area contributed by atoms with Crippen molar-refractivity contribution in [3.05, 3.63) is 69.2 Å². The molecule has 3 aromatic rings. The summed E-state index contributed by atoms with van der Waals surface area (Å²) in [6, 6.07) is 8.59. The lowest BCUT2D eigenvalue weighted by atomic mass is 9.72. The van der Waals surface area contributed by atoms with Crippen LogP contribution in [0.25, 0.3) is 0 Å². The third-order valence-electron chi connectivity index (χ3n) is 6.10. The van der Waals surface area contributed by atoms with E-state index >= 15 is 0 Å². The van der Waals surface area contributed by atoms with Gasteiger partial charge in [-0.25, -0.2) is 9.37 Å². The molecule has 11 heteroatoms. The van der Waals surface area contributed by atoms with Crippen LogP contribution in [0.3, 0.4) is 0 Å². The van der Waals surface area contributed by atoms with Crippen molar-refractivity contribution in [2.75, 3.05) is 11.9 Å². The Balaban J connectivity index is 1.63. The number of carboxylic acid groups (broad SMARTS) is 1. The number of carboxylic acids is 1. The fourth-order valence-corrected chi connectivity index (χ4v) is 4.69. The third-order valence-corrected chi connectivity index (χ3v) is 6.92. The van der Waals surface area contributed by atoms with Crippen LogP contribution < -0.4 is 5.32 Å². The normalized spacial score (nSPS) is 20.3. The SMILES string of the molecule is Cc1cc(Nc2nc(C3(C(=O)O)CCN(C(=O)c4cccc(Cl)c4Cl)C(C)C3)ccc2F)n[nH]1. The van der Waals surface area contributed by atoms with Gasteiger partial charge < -0.3 is 15.3 Å². The highest BCUT2D eigenvalue weighted by molar-refractivity contribution is 6.43. The number of aromatic nitrogens is 3. The summed E-state index contributed by atoms with van der Waals surface area (Å²) in [4.78, 5) is 31.6. The van der Waals surface area contributed by atoms with E-state index in [1.54, 1.807) is 43.0 Å². The van der Waals surface area contributed by atoms with Crippen LogP contribution >= 0.6 is 23.2 Å². The number of piperidine rings is 1. The predicted molar refractivity (Wildman–Crippen MR) is 126 cm³/mol. The third kappa shape index (κ3) is 4.33. The van der Waals surface area contributed by atoms with Crippen LogP contribution in [0, 0.1) is 12.7 Å². The summed E-state index contributed by atoms with van der Waals surface area (Å²) in [5, 5.41) is 20.2. The molecule has 0 bridgehead atoms. The first kappa shape index (κ1) is 24.0. The van der Waals surface area contributed by atoms with Gasteiger partial charge in [0.1, 0.15) is 5.41 Å². The zero-order chi connectivity index (χ0) is 24.6. The number of aliphatic carboxylic acids is 1. The molecule has 0 spiro atoms. The first-order valence-corrected chi connectivity index (χ1v) is 11.3. The van der Waals surface area contributed by atoms with Crippen molar-refractivity contribution in [1.82, 2.24) is 20.1 Å². The number of anilines is 2. The van der Waals surface area contributed by atoms with Gasteiger partial charge in [0, 0.05) is 24.3 Å². The fraction of sp³-hybridized carbons (Fsp3) is 0.304. The highest BCUT2D eigenvalue weighted by atomic mass is 35.5. The molecule has 0 radical (unpaired) electrons. The number of halogens is 3. The summed E-state index contributed by atoms with van der Waals surface area (Å²) < 4.78 is 14.5. The zero-order valence-corrected chi connectivity index (χ0v) is 19.9. The second kappa shape index (κ2) is 9.23. The number of benzene rings is 1. The number of H-pyrrole nitrogens is 1. The first-order chi connectivity index (χ1) is 16.1. The van der Waals surface area contributed by atoms with Crippen molar-refractivity contribution in [3.63, 3.8) is 0 Å². The van der Waals surface area contributed by atoms with Gasteiger partial charge in [-0.1, -0.05) is 29.3 Å². The lowest BCUT2D eigenvalue weighted by Gasteiger charge is -2.43. The highest BCUT2D eigenvalue weighted by Gasteiger charge is 2.48. The lowest BCUT2D eigenvalue weighted by Crippen LogP contribution is -2.53. The van der Waals surface area contributed by atoms with E-state index in [1.165, 1.54) is 12.1 Å². The quantitative estimate of drug-likeness (QED) is 0.452. The number of nitrogens with one attached hydrogen (secondary N) is 2. The largest absolute Gasteiger partial charge is 0.481 e. The molecule has 1 saturated heterocycles. The summed E-state index contributed by atoms with van der Waals surface area (Å²) in [6.45, 7) is 3.71. The van der Waals surface area contributed by atoms with E-state index in [0.29, 0.717) is 5.82 Å². The Morgan fingerprint density at radius 2 is 2.06 bits per heavy atom. The second-order valence-electron chi connectivity index (χ2n) is 8.38. The van der Waals surface area contributed by atoms with Crippen LogP contribution in [-0.2, 0) is 10.2 Å². The number of aryl methyl sites for hydroxylation is 1. The van der Waals surface area contributed by atoms with Crippen molar-refractivity contribution < 1.29 is 19.1 Å². The summed E-state index contributed by atoms with van der Waals surface area (Å²) in [7, 11) is 0. The molecule has 1 aliphatic heterocycles. The maximum atomic E-state index is 14.5. The Labute approximate surface area is 205 Å². The molecule has 3 heterocycles. The maximum absolute atomic E-state index is 14.5. The molecule has 8 nitrogen and oxygen atoms in total. The Hall–Kier alpha value is -3.17. The van der Waals surface area contributed by atoms with Gasteiger partial charge in [-0.2, -0.15) is 5.10 Å². The van der Waals surface area contributed by atoms with Gasteiger partial charge >= 0.3 is 5.97 Å². The summed E-state index contributed by atoms with van der Waals surface area (Å²) in [5.41, 5.74) is -0.174. The van der Waals surface area contributed by atoms with Gasteiger partial charge in [0.15, 0.2) is 17.5 Å². The average Bonchev–Trinajstić information content (AvgIpc) is 3.21. The average molecular weight is 506 g/mol. The number of likely N-dealkylation sites (tertiary alicyclic amines) is 1. The number of amides is 1. The molecule has 2 atom stereocenters. The van der Waals surface area contributed by atoms with E-state index < -0.39 is 23.2 Å². The van der Waals surface area contributed by atoms with E-state index in [2.05, 4.69) is 20.5 Å². The molecule has 2 unspecified atom stereocenters. The van der Waals surface area contributed by atoms with Crippen LogP contribution in [-0.4, -0.2) is 49.7 Å². The molecule has 34 heavy (non-hydrogen) atoms. The molecule has 2 aromatic heterocycles. The van der Waals surface area contributed by atoms with Crippen LogP contribution in [0.4, 0.5) is 16.0 Å². The molecule has 1 aliphatic rings. The fourth-order valence-electron chi connectivity index (χ4n) is 4.31. The summed E-state index contributed by atoms with van der Waals surface area (Å²) >= 11 is 12.3.